The van der Waals surface area contributed by atoms with Gasteiger partial charge in [0.1, 0.15) is 5.56 Å². The van der Waals surface area contributed by atoms with Crippen LogP contribution in [0.5, 0.6) is 5.88 Å². The molecule has 3 N–H and O–H groups in total. The van der Waals surface area contributed by atoms with E-state index >= 15 is 0 Å². The number of ether oxygens (including phenoxy) is 1. The Hall–Kier alpha value is -3.47. The molecule has 224 valence electrons. The fourth-order valence-electron chi connectivity index (χ4n) is 5.20. The van der Waals surface area contributed by atoms with Crippen molar-refractivity contribution in [2.75, 3.05) is 12.4 Å². The molecule has 9 nitrogen and oxygen atoms in total. The van der Waals surface area contributed by atoms with Gasteiger partial charge in [-0.15, -0.1) is 0 Å². The zero-order valence-electron chi connectivity index (χ0n) is 23.5. The highest BCUT2D eigenvalue weighted by molar-refractivity contribution is 6.40. The van der Waals surface area contributed by atoms with Crippen LogP contribution in [0.25, 0.3) is 22.4 Å². The molecule has 0 bridgehead atoms. The Kier molecular flexibility index (Phi) is 9.68. The van der Waals surface area contributed by atoms with Crippen molar-refractivity contribution in [2.45, 2.75) is 44.4 Å². The molecule has 1 aliphatic carbocycles. The first-order valence-electron chi connectivity index (χ1n) is 13.8. The van der Waals surface area contributed by atoms with Crippen LogP contribution in [0.2, 0.25) is 15.1 Å². The fraction of sp³-hybridized carbons (Fsp3) is 0.290. The van der Waals surface area contributed by atoms with Gasteiger partial charge in [-0.25, -0.2) is 9.67 Å². The van der Waals surface area contributed by atoms with E-state index in [0.717, 1.165) is 35.9 Å². The van der Waals surface area contributed by atoms with Gasteiger partial charge in [0.2, 0.25) is 5.88 Å². The number of hydrogen-bond donors (Lipinski definition) is 3. The second kappa shape index (κ2) is 13.4. The van der Waals surface area contributed by atoms with Gasteiger partial charge in [-0.05, 0) is 25.0 Å². The number of pyridine rings is 1. The molecule has 2 atom stereocenters. The summed E-state index contributed by atoms with van der Waals surface area (Å²) < 4.78 is 6.63. The third kappa shape index (κ3) is 6.56. The van der Waals surface area contributed by atoms with Crippen molar-refractivity contribution in [3.8, 4) is 28.3 Å². The zero-order valence-corrected chi connectivity index (χ0v) is 25.8. The summed E-state index contributed by atoms with van der Waals surface area (Å²) in [6, 6.07) is 14.5. The molecular weight excluding hydrogens is 613 g/mol. The number of aliphatic hydroxyl groups excluding tert-OH is 1. The number of aliphatic hydroxyl groups is 1. The highest BCUT2D eigenvalue weighted by Crippen LogP contribution is 2.41. The summed E-state index contributed by atoms with van der Waals surface area (Å²) in [6.07, 6.45) is 4.75. The maximum absolute atomic E-state index is 13.0. The third-order valence-corrected chi connectivity index (χ3v) is 8.65. The third-order valence-electron chi connectivity index (χ3n) is 7.55. The van der Waals surface area contributed by atoms with Gasteiger partial charge in [-0.3, -0.25) is 9.59 Å². The van der Waals surface area contributed by atoms with Crippen molar-refractivity contribution in [3.63, 3.8) is 0 Å². The second-order valence-electron chi connectivity index (χ2n) is 10.3. The quantitative estimate of drug-likeness (QED) is 0.212. The highest BCUT2D eigenvalue weighted by atomic mass is 35.5. The molecular formula is C31H30Cl3N5O4. The van der Waals surface area contributed by atoms with Crippen molar-refractivity contribution < 1.29 is 14.6 Å². The van der Waals surface area contributed by atoms with E-state index in [1.54, 1.807) is 25.3 Å². The summed E-state index contributed by atoms with van der Waals surface area (Å²) in [5.74, 6) is -0.254. The first-order chi connectivity index (χ1) is 20.7. The van der Waals surface area contributed by atoms with Gasteiger partial charge in [0.05, 0.1) is 45.9 Å². The first kappa shape index (κ1) is 31.0. The molecule has 0 spiro atoms. The number of benzene rings is 2. The molecule has 5 rings (SSSR count). The zero-order chi connectivity index (χ0) is 30.7. The molecule has 2 aromatic carbocycles. The van der Waals surface area contributed by atoms with Crippen molar-refractivity contribution in [3.05, 3.63) is 91.3 Å². The summed E-state index contributed by atoms with van der Waals surface area (Å²) in [5.41, 5.74) is 2.73. The molecule has 43 heavy (non-hydrogen) atoms. The van der Waals surface area contributed by atoms with E-state index < -0.39 is 11.5 Å². The molecule has 1 aliphatic rings. The van der Waals surface area contributed by atoms with Gasteiger partial charge in [0, 0.05) is 41.9 Å². The molecule has 12 heteroatoms. The number of carbonyl (C=O) groups is 1. The van der Waals surface area contributed by atoms with E-state index in [1.807, 2.05) is 30.3 Å². The first-order valence-corrected chi connectivity index (χ1v) is 14.9. The average molecular weight is 643 g/mol. The van der Waals surface area contributed by atoms with E-state index in [2.05, 4.69) is 15.7 Å². The number of rotatable bonds is 8. The van der Waals surface area contributed by atoms with Crippen LogP contribution >= 0.6 is 34.8 Å². The summed E-state index contributed by atoms with van der Waals surface area (Å²) in [4.78, 5) is 30.2. The number of hydrogen-bond acceptors (Lipinski definition) is 7. The normalized spacial score (nSPS) is 16.6. The second-order valence-corrected chi connectivity index (χ2v) is 11.5. The number of aromatic nitrogens is 3. The van der Waals surface area contributed by atoms with Crippen LogP contribution in [0.1, 0.15) is 41.6 Å². The smallest absolute Gasteiger partial charge is 0.280 e. The van der Waals surface area contributed by atoms with Crippen LogP contribution < -0.4 is 20.9 Å². The van der Waals surface area contributed by atoms with Crippen molar-refractivity contribution in [2.24, 2.45) is 7.05 Å². The van der Waals surface area contributed by atoms with Crippen LogP contribution in [-0.4, -0.2) is 45.0 Å². The van der Waals surface area contributed by atoms with E-state index in [0.29, 0.717) is 39.8 Å². The van der Waals surface area contributed by atoms with E-state index in [9.17, 15) is 14.7 Å². The number of anilines is 1. The number of nitrogens with one attached hydrogen (secondary N) is 2. The molecule has 1 saturated carbocycles. The van der Waals surface area contributed by atoms with Crippen LogP contribution in [0.4, 0.5) is 5.69 Å². The lowest BCUT2D eigenvalue weighted by Crippen LogP contribution is -2.41. The predicted molar refractivity (Wildman–Crippen MR) is 169 cm³/mol. The van der Waals surface area contributed by atoms with Crippen molar-refractivity contribution in [1.82, 2.24) is 20.1 Å². The van der Waals surface area contributed by atoms with Gasteiger partial charge in [0.25, 0.3) is 11.5 Å². The average Bonchev–Trinajstić information content (AvgIpc) is 3.00. The van der Waals surface area contributed by atoms with Crippen molar-refractivity contribution >= 4 is 46.4 Å². The molecule has 2 aromatic heterocycles. The summed E-state index contributed by atoms with van der Waals surface area (Å²) in [5, 5.41) is 20.8. The summed E-state index contributed by atoms with van der Waals surface area (Å²) >= 11 is 19.8. The Morgan fingerprint density at radius 3 is 2.47 bits per heavy atom. The van der Waals surface area contributed by atoms with Gasteiger partial charge >= 0.3 is 0 Å². The Morgan fingerprint density at radius 2 is 1.72 bits per heavy atom. The van der Waals surface area contributed by atoms with E-state index in [-0.39, 0.29) is 33.4 Å². The molecule has 4 aromatic rings. The van der Waals surface area contributed by atoms with Gasteiger partial charge < -0.3 is 20.5 Å². The lowest BCUT2D eigenvalue weighted by Gasteiger charge is -2.28. The standard InChI is InChI=1S/C31H30Cl3N5O4/c1-39-31(42)26(21(32)16-36-39)29(41)37-24-11-6-8-19(28(24)34)18-7-5-9-20(27(18)33)22-14-13-17(30(38-22)43-2)15-35-23-10-3-4-12-25(23)40/h5-9,11,13-14,16,23,25,35,40H,3-4,10,12,15H2,1-2H3,(H,37,41). The van der Waals surface area contributed by atoms with E-state index in [1.165, 1.54) is 13.2 Å². The highest BCUT2D eigenvalue weighted by Gasteiger charge is 2.24. The lowest BCUT2D eigenvalue weighted by molar-refractivity contribution is 0.0901. The van der Waals surface area contributed by atoms with Gasteiger partial charge in [-0.1, -0.05) is 84.0 Å². The molecule has 0 radical (unpaired) electrons. The molecule has 1 amide bonds. The minimum absolute atomic E-state index is 0.0432. The molecule has 1 fully saturated rings. The lowest BCUT2D eigenvalue weighted by atomic mass is 9.92. The topological polar surface area (TPSA) is 118 Å². The number of nitrogens with zero attached hydrogens (tertiary/aromatic N) is 3. The van der Waals surface area contributed by atoms with E-state index in [4.69, 9.17) is 44.5 Å². The number of methoxy groups -OCH3 is 1. The van der Waals surface area contributed by atoms with Gasteiger partial charge in [0.15, 0.2) is 0 Å². The molecule has 2 heterocycles. The molecule has 0 aliphatic heterocycles. The number of halogens is 3. The maximum atomic E-state index is 13.0. The maximum Gasteiger partial charge on any atom is 0.280 e. The minimum Gasteiger partial charge on any atom is -0.481 e. The van der Waals surface area contributed by atoms with Crippen LogP contribution in [0.15, 0.2) is 59.5 Å². The van der Waals surface area contributed by atoms with Crippen LogP contribution in [0, 0.1) is 0 Å². The molecule has 0 saturated heterocycles. The number of amides is 1. The predicted octanol–water partition coefficient (Wildman–Crippen LogP) is 6.12. The monoisotopic (exact) mass is 641 g/mol. The fourth-order valence-corrected chi connectivity index (χ4v) is 6.01. The largest absolute Gasteiger partial charge is 0.481 e. The Labute approximate surface area is 263 Å². The summed E-state index contributed by atoms with van der Waals surface area (Å²) in [7, 11) is 2.99. The Balaban J connectivity index is 1.42. The Morgan fingerprint density at radius 1 is 1.02 bits per heavy atom. The van der Waals surface area contributed by atoms with Crippen molar-refractivity contribution in [1.29, 1.82) is 0 Å². The SMILES string of the molecule is COc1nc(-c2cccc(-c3cccc(NC(=O)c4c(Cl)cnn(C)c4=O)c3Cl)c2Cl)ccc1CNC1CCCCC1O. The minimum atomic E-state index is -0.712. The number of carbonyl (C=O) groups excluding carboxylic acids is 1. The molecule has 2 unspecified atom stereocenters. The van der Waals surface area contributed by atoms with Crippen LogP contribution in [0.3, 0.4) is 0 Å². The van der Waals surface area contributed by atoms with Gasteiger partial charge in [-0.2, -0.15) is 5.10 Å². The summed E-state index contributed by atoms with van der Waals surface area (Å²) in [6.45, 7) is 0.511. The number of aryl methyl sites for hydroxylation is 1. The van der Waals surface area contributed by atoms with Crippen LogP contribution in [-0.2, 0) is 13.6 Å². The Bertz CT molecular complexity index is 1730.